The molecule has 0 bridgehead atoms. The monoisotopic (exact) mass is 299 g/mol. The summed E-state index contributed by atoms with van der Waals surface area (Å²) in [5.74, 6) is -0.0909. The minimum absolute atomic E-state index is 0.0744. The summed E-state index contributed by atoms with van der Waals surface area (Å²) in [5, 5.41) is 2.72. The number of likely N-dealkylation sites (N-methyl/N-ethyl adjacent to an activating group) is 1. The summed E-state index contributed by atoms with van der Waals surface area (Å²) in [6.45, 7) is -0.0744. The lowest BCUT2D eigenvalue weighted by Gasteiger charge is -2.27. The quantitative estimate of drug-likeness (QED) is 0.865. The van der Waals surface area contributed by atoms with Crippen LogP contribution in [0.5, 0.6) is 5.75 Å². The number of amides is 2. The molecule has 2 N–H and O–H groups in total. The molecule has 0 radical (unpaired) electrons. The second-order valence-electron chi connectivity index (χ2n) is 4.79. The average molecular weight is 299 g/mol. The Balaban J connectivity index is 1.90. The van der Waals surface area contributed by atoms with Gasteiger partial charge in [-0.25, -0.2) is 0 Å². The second-order valence-corrected chi connectivity index (χ2v) is 4.79. The summed E-state index contributed by atoms with van der Waals surface area (Å²) in [4.78, 5) is 38.7. The molecule has 22 heavy (non-hydrogen) atoms. The number of nitrogens with one attached hydrogen (secondary N) is 2. The third-order valence-electron chi connectivity index (χ3n) is 3.36. The van der Waals surface area contributed by atoms with Crippen molar-refractivity contribution >= 4 is 23.2 Å². The van der Waals surface area contributed by atoms with Gasteiger partial charge in [0.1, 0.15) is 0 Å². The minimum Gasteiger partial charge on any atom is -0.479 e. The number of hydrogen-bond acceptors (Lipinski definition) is 4. The number of anilines is 2. The van der Waals surface area contributed by atoms with E-state index in [0.717, 1.165) is 0 Å². The molecule has 0 saturated heterocycles. The van der Waals surface area contributed by atoms with Crippen molar-refractivity contribution < 1.29 is 14.3 Å². The Morgan fingerprint density at radius 1 is 1.27 bits per heavy atom. The Morgan fingerprint density at radius 3 is 2.82 bits per heavy atom. The number of carbonyl (C=O) groups excluding carboxylic acids is 2. The van der Waals surface area contributed by atoms with Gasteiger partial charge in [-0.2, -0.15) is 0 Å². The Kier molecular flexibility index (Phi) is 3.38. The highest BCUT2D eigenvalue weighted by Crippen LogP contribution is 2.38. The lowest BCUT2D eigenvalue weighted by Crippen LogP contribution is -2.35. The fourth-order valence-corrected chi connectivity index (χ4v) is 2.15. The highest BCUT2D eigenvalue weighted by Gasteiger charge is 2.25. The average Bonchev–Trinajstić information content (AvgIpc) is 2.52. The zero-order chi connectivity index (χ0) is 15.7. The van der Waals surface area contributed by atoms with Crippen LogP contribution in [-0.2, 0) is 4.79 Å². The van der Waals surface area contributed by atoms with Crippen LogP contribution in [0.3, 0.4) is 0 Å². The summed E-state index contributed by atoms with van der Waals surface area (Å²) >= 11 is 0. The number of fused-ring (bicyclic) bond motifs is 1. The SMILES string of the molecule is CN1C(=O)COc2c(NC(=O)c3ccc(=O)[nH]c3)cccc21. The van der Waals surface area contributed by atoms with Crippen LogP contribution >= 0.6 is 0 Å². The van der Waals surface area contributed by atoms with E-state index in [9.17, 15) is 14.4 Å². The summed E-state index contributed by atoms with van der Waals surface area (Å²) < 4.78 is 5.43. The zero-order valence-corrected chi connectivity index (χ0v) is 11.8. The molecule has 1 aromatic heterocycles. The molecule has 2 heterocycles. The predicted molar refractivity (Wildman–Crippen MR) is 80.4 cm³/mol. The molecule has 112 valence electrons. The molecular formula is C15H13N3O4. The van der Waals surface area contributed by atoms with Crippen molar-refractivity contribution in [2.45, 2.75) is 0 Å². The number of carbonyl (C=O) groups is 2. The topological polar surface area (TPSA) is 91.5 Å². The molecule has 2 aromatic rings. The largest absolute Gasteiger partial charge is 0.479 e. The molecule has 1 aliphatic heterocycles. The third kappa shape index (κ3) is 2.44. The smallest absolute Gasteiger partial charge is 0.264 e. The first kappa shape index (κ1) is 13.9. The Bertz CT molecular complexity index is 792. The minimum atomic E-state index is -0.382. The van der Waals surface area contributed by atoms with Gasteiger partial charge in [0.15, 0.2) is 12.4 Å². The molecule has 0 atom stereocenters. The van der Waals surface area contributed by atoms with Crippen molar-refractivity contribution in [2.75, 3.05) is 23.9 Å². The van der Waals surface area contributed by atoms with E-state index < -0.39 is 0 Å². The molecule has 1 aliphatic rings. The number of aromatic amines is 1. The van der Waals surface area contributed by atoms with Crippen LogP contribution in [0.25, 0.3) is 0 Å². The molecule has 2 amide bonds. The number of H-pyrrole nitrogens is 1. The van der Waals surface area contributed by atoms with E-state index in [1.807, 2.05) is 0 Å². The number of benzene rings is 1. The molecule has 3 rings (SSSR count). The van der Waals surface area contributed by atoms with Gasteiger partial charge in [-0.3, -0.25) is 14.4 Å². The van der Waals surface area contributed by atoms with E-state index in [4.69, 9.17) is 4.74 Å². The predicted octanol–water partition coefficient (Wildman–Crippen LogP) is 0.982. The molecule has 0 unspecified atom stereocenters. The van der Waals surface area contributed by atoms with Gasteiger partial charge >= 0.3 is 0 Å². The molecule has 1 aromatic carbocycles. The summed E-state index contributed by atoms with van der Waals surface area (Å²) in [5.41, 5.74) is 1.10. The van der Waals surface area contributed by atoms with Crippen LogP contribution in [0.4, 0.5) is 11.4 Å². The lowest BCUT2D eigenvalue weighted by molar-refractivity contribution is -0.120. The molecular weight excluding hydrogens is 286 g/mol. The fraction of sp³-hybridized carbons (Fsp3) is 0.133. The molecule has 0 aliphatic carbocycles. The molecule has 0 saturated carbocycles. The van der Waals surface area contributed by atoms with Gasteiger partial charge in [-0.05, 0) is 18.2 Å². The fourth-order valence-electron chi connectivity index (χ4n) is 2.15. The van der Waals surface area contributed by atoms with Gasteiger partial charge in [-0.15, -0.1) is 0 Å². The summed E-state index contributed by atoms with van der Waals surface area (Å²) in [7, 11) is 1.65. The number of rotatable bonds is 2. The Labute approximate surface area is 125 Å². The number of para-hydroxylation sites is 1. The number of aromatic nitrogens is 1. The lowest BCUT2D eigenvalue weighted by atomic mass is 10.2. The van der Waals surface area contributed by atoms with Crippen molar-refractivity contribution in [1.82, 2.24) is 4.98 Å². The van der Waals surface area contributed by atoms with Crippen LogP contribution in [0.1, 0.15) is 10.4 Å². The van der Waals surface area contributed by atoms with Crippen molar-refractivity contribution in [2.24, 2.45) is 0 Å². The standard InChI is InChI=1S/C15H13N3O4/c1-18-11-4-2-3-10(14(11)22-8-13(18)20)17-15(21)9-5-6-12(19)16-7-9/h2-7H,8H2,1H3,(H,16,19)(H,17,21). The Morgan fingerprint density at radius 2 is 2.09 bits per heavy atom. The van der Waals surface area contributed by atoms with E-state index in [-0.39, 0.29) is 24.0 Å². The van der Waals surface area contributed by atoms with Crippen LogP contribution in [0.2, 0.25) is 0 Å². The maximum atomic E-state index is 12.2. The number of pyridine rings is 1. The highest BCUT2D eigenvalue weighted by atomic mass is 16.5. The first-order valence-electron chi connectivity index (χ1n) is 6.59. The normalized spacial score (nSPS) is 13.3. The van der Waals surface area contributed by atoms with Gasteiger partial charge in [0.05, 0.1) is 16.9 Å². The van der Waals surface area contributed by atoms with E-state index in [2.05, 4.69) is 10.3 Å². The summed E-state index contributed by atoms with van der Waals surface area (Å²) in [6, 6.07) is 7.85. The van der Waals surface area contributed by atoms with Gasteiger partial charge in [-0.1, -0.05) is 6.07 Å². The number of ether oxygens (including phenoxy) is 1. The van der Waals surface area contributed by atoms with Crippen molar-refractivity contribution in [3.8, 4) is 5.75 Å². The second kappa shape index (κ2) is 5.36. The maximum Gasteiger partial charge on any atom is 0.264 e. The molecule has 7 heteroatoms. The van der Waals surface area contributed by atoms with E-state index in [1.54, 1.807) is 25.2 Å². The third-order valence-corrected chi connectivity index (χ3v) is 3.36. The number of nitrogens with zero attached hydrogens (tertiary/aromatic N) is 1. The van der Waals surface area contributed by atoms with Crippen LogP contribution in [0.15, 0.2) is 41.3 Å². The molecule has 7 nitrogen and oxygen atoms in total. The first-order valence-corrected chi connectivity index (χ1v) is 6.59. The zero-order valence-electron chi connectivity index (χ0n) is 11.8. The molecule has 0 fully saturated rings. The summed E-state index contributed by atoms with van der Waals surface area (Å²) in [6.07, 6.45) is 1.34. The maximum absolute atomic E-state index is 12.2. The van der Waals surface area contributed by atoms with E-state index in [0.29, 0.717) is 22.7 Å². The van der Waals surface area contributed by atoms with Gasteiger partial charge in [0, 0.05) is 19.3 Å². The van der Waals surface area contributed by atoms with E-state index in [1.165, 1.54) is 23.2 Å². The van der Waals surface area contributed by atoms with E-state index >= 15 is 0 Å². The van der Waals surface area contributed by atoms with Gasteiger partial charge < -0.3 is 19.9 Å². The van der Waals surface area contributed by atoms with Gasteiger partial charge in [0.2, 0.25) is 5.56 Å². The van der Waals surface area contributed by atoms with Crippen molar-refractivity contribution in [3.63, 3.8) is 0 Å². The first-order chi connectivity index (χ1) is 10.6. The molecule has 0 spiro atoms. The Hall–Kier alpha value is -3.09. The van der Waals surface area contributed by atoms with Crippen molar-refractivity contribution in [1.29, 1.82) is 0 Å². The van der Waals surface area contributed by atoms with Gasteiger partial charge in [0.25, 0.3) is 11.8 Å². The highest BCUT2D eigenvalue weighted by molar-refractivity contribution is 6.06. The van der Waals surface area contributed by atoms with Crippen LogP contribution in [-0.4, -0.2) is 30.5 Å². The van der Waals surface area contributed by atoms with Crippen LogP contribution < -0.4 is 20.5 Å². The van der Waals surface area contributed by atoms with Crippen LogP contribution in [0, 0.1) is 0 Å². The number of hydrogen-bond donors (Lipinski definition) is 2. The van der Waals surface area contributed by atoms with Crippen molar-refractivity contribution in [3.05, 3.63) is 52.4 Å².